The maximum atomic E-state index is 11.8. The van der Waals surface area contributed by atoms with Crippen LogP contribution in [0.1, 0.15) is 15.9 Å². The second-order valence-corrected chi connectivity index (χ2v) is 3.67. The first-order valence-corrected chi connectivity index (χ1v) is 5.55. The molecule has 0 saturated carbocycles. The van der Waals surface area contributed by atoms with Crippen molar-refractivity contribution in [1.29, 1.82) is 0 Å². The van der Waals surface area contributed by atoms with Crippen molar-refractivity contribution in [2.75, 3.05) is 7.11 Å². The van der Waals surface area contributed by atoms with Gasteiger partial charge in [0.15, 0.2) is 0 Å². The Morgan fingerprint density at radius 2 is 1.67 bits per heavy atom. The van der Waals surface area contributed by atoms with Gasteiger partial charge in [-0.3, -0.25) is 4.79 Å². The zero-order valence-electron chi connectivity index (χ0n) is 10.0. The molecule has 0 bridgehead atoms. The quantitative estimate of drug-likeness (QED) is 0.592. The van der Waals surface area contributed by atoms with Gasteiger partial charge in [-0.1, -0.05) is 24.1 Å². The zero-order chi connectivity index (χ0) is 12.8. The van der Waals surface area contributed by atoms with Gasteiger partial charge in [-0.05, 0) is 42.3 Å². The molecule has 0 aliphatic rings. The Kier molecular flexibility index (Phi) is 3.78. The molecule has 88 valence electrons. The third-order valence-corrected chi connectivity index (χ3v) is 2.45. The molecule has 0 radical (unpaired) electrons. The number of benzene rings is 2. The summed E-state index contributed by atoms with van der Waals surface area (Å²) in [6.07, 6.45) is 0. The van der Waals surface area contributed by atoms with Gasteiger partial charge in [0.1, 0.15) is 5.75 Å². The highest BCUT2D eigenvalue weighted by molar-refractivity contribution is 6.09. The van der Waals surface area contributed by atoms with E-state index in [-0.39, 0.29) is 5.78 Å². The lowest BCUT2D eigenvalue weighted by Crippen LogP contribution is -1.94. The molecule has 0 amide bonds. The van der Waals surface area contributed by atoms with Crippen molar-refractivity contribution < 1.29 is 9.53 Å². The molecular weight excluding hydrogens is 224 g/mol. The number of Topliss-reactive ketones (excluding diaryl/α,β-unsaturated/α-hetero) is 1. The van der Waals surface area contributed by atoms with Crippen LogP contribution in [-0.4, -0.2) is 12.9 Å². The molecular formula is C16H12O2. The second-order valence-electron chi connectivity index (χ2n) is 3.67. The average molecular weight is 236 g/mol. The number of hydrogen-bond acceptors (Lipinski definition) is 2. The predicted octanol–water partition coefficient (Wildman–Crippen LogP) is 2.93. The highest BCUT2D eigenvalue weighted by atomic mass is 16.5. The van der Waals surface area contributed by atoms with Crippen LogP contribution in [-0.2, 0) is 0 Å². The van der Waals surface area contributed by atoms with Crippen LogP contribution >= 0.6 is 0 Å². The largest absolute Gasteiger partial charge is 0.497 e. The van der Waals surface area contributed by atoms with Gasteiger partial charge in [0.05, 0.1) is 7.11 Å². The average Bonchev–Trinajstić information content (AvgIpc) is 2.46. The van der Waals surface area contributed by atoms with Crippen LogP contribution < -0.4 is 4.74 Å². The monoisotopic (exact) mass is 236 g/mol. The molecule has 0 aliphatic carbocycles. The fourth-order valence-corrected chi connectivity index (χ4v) is 1.46. The van der Waals surface area contributed by atoms with Gasteiger partial charge in [-0.2, -0.15) is 0 Å². The number of rotatable bonds is 2. The summed E-state index contributed by atoms with van der Waals surface area (Å²) in [5.74, 6) is 6.00. The predicted molar refractivity (Wildman–Crippen MR) is 70.6 cm³/mol. The summed E-state index contributed by atoms with van der Waals surface area (Å²) < 4.78 is 5.03. The van der Waals surface area contributed by atoms with Crippen LogP contribution in [0.25, 0.3) is 0 Å². The molecule has 0 spiro atoms. The van der Waals surface area contributed by atoms with E-state index < -0.39 is 0 Å². The third-order valence-electron chi connectivity index (χ3n) is 2.45. The number of carbonyl (C=O) groups is 1. The molecule has 2 heteroatoms. The molecule has 2 aromatic rings. The first kappa shape index (κ1) is 11.9. The lowest BCUT2D eigenvalue weighted by Gasteiger charge is -1.98. The van der Waals surface area contributed by atoms with Crippen molar-refractivity contribution in [3.8, 4) is 17.6 Å². The number of ketones is 1. The molecule has 2 aromatic carbocycles. The summed E-state index contributed by atoms with van der Waals surface area (Å²) in [6.45, 7) is 0. The fourth-order valence-electron chi connectivity index (χ4n) is 1.46. The topological polar surface area (TPSA) is 26.3 Å². The van der Waals surface area contributed by atoms with Crippen molar-refractivity contribution in [3.05, 3.63) is 65.7 Å². The van der Waals surface area contributed by atoms with E-state index in [1.807, 2.05) is 30.3 Å². The summed E-state index contributed by atoms with van der Waals surface area (Å²) in [6, 6.07) is 16.3. The van der Waals surface area contributed by atoms with Crippen molar-refractivity contribution in [2.24, 2.45) is 0 Å². The van der Waals surface area contributed by atoms with Gasteiger partial charge in [0.25, 0.3) is 0 Å². The number of hydrogen-bond donors (Lipinski definition) is 0. The zero-order valence-corrected chi connectivity index (χ0v) is 10.0. The smallest absolute Gasteiger partial charge is 0.236 e. The summed E-state index contributed by atoms with van der Waals surface area (Å²) >= 11 is 0. The first-order chi connectivity index (χ1) is 8.79. The normalized spacial score (nSPS) is 9.17. The number of carbonyl (C=O) groups excluding carboxylic acids is 1. The van der Waals surface area contributed by atoms with Crippen molar-refractivity contribution in [3.63, 3.8) is 0 Å². The van der Waals surface area contributed by atoms with Gasteiger partial charge >= 0.3 is 0 Å². The van der Waals surface area contributed by atoms with Crippen LogP contribution in [0.4, 0.5) is 0 Å². The van der Waals surface area contributed by atoms with E-state index in [9.17, 15) is 4.79 Å². The van der Waals surface area contributed by atoms with Crippen LogP contribution in [0, 0.1) is 11.8 Å². The molecule has 2 nitrogen and oxygen atoms in total. The van der Waals surface area contributed by atoms with E-state index in [0.29, 0.717) is 5.56 Å². The third kappa shape index (κ3) is 2.99. The number of ether oxygens (including phenoxy) is 1. The highest BCUT2D eigenvalue weighted by Gasteiger charge is 2.01. The van der Waals surface area contributed by atoms with E-state index in [0.717, 1.165) is 11.3 Å². The molecule has 2 rings (SSSR count). The molecule has 0 aliphatic heterocycles. The molecule has 0 unspecified atom stereocenters. The SMILES string of the molecule is COc1ccc(C(=O)C#Cc2ccccc2)cc1. The lowest BCUT2D eigenvalue weighted by molar-refractivity contribution is 0.105. The lowest BCUT2D eigenvalue weighted by atomic mass is 10.1. The molecule has 0 aromatic heterocycles. The van der Waals surface area contributed by atoms with Gasteiger partial charge in [-0.25, -0.2) is 0 Å². The van der Waals surface area contributed by atoms with E-state index >= 15 is 0 Å². The minimum atomic E-state index is -0.193. The standard InChI is InChI=1S/C16H12O2/c1-18-15-10-8-14(9-11-15)16(17)12-7-13-5-3-2-4-6-13/h2-6,8-11H,1H3. The van der Waals surface area contributed by atoms with Crippen molar-refractivity contribution in [2.45, 2.75) is 0 Å². The Balaban J connectivity index is 2.15. The van der Waals surface area contributed by atoms with Gasteiger partial charge in [0, 0.05) is 11.1 Å². The Labute approximate surface area is 106 Å². The van der Waals surface area contributed by atoms with Crippen molar-refractivity contribution >= 4 is 5.78 Å². The second kappa shape index (κ2) is 5.70. The fraction of sp³-hybridized carbons (Fsp3) is 0.0625. The first-order valence-electron chi connectivity index (χ1n) is 5.55. The minimum absolute atomic E-state index is 0.193. The van der Waals surface area contributed by atoms with Gasteiger partial charge < -0.3 is 4.74 Å². The van der Waals surface area contributed by atoms with Gasteiger partial charge in [0.2, 0.25) is 5.78 Å². The Morgan fingerprint density at radius 1 is 1.00 bits per heavy atom. The Hall–Kier alpha value is -2.53. The maximum Gasteiger partial charge on any atom is 0.236 e. The van der Waals surface area contributed by atoms with Crippen LogP contribution in [0.5, 0.6) is 5.75 Å². The molecule has 0 atom stereocenters. The maximum absolute atomic E-state index is 11.8. The van der Waals surface area contributed by atoms with E-state index in [1.54, 1.807) is 31.4 Å². The molecule has 0 saturated heterocycles. The minimum Gasteiger partial charge on any atom is -0.497 e. The highest BCUT2D eigenvalue weighted by Crippen LogP contribution is 2.11. The summed E-state index contributed by atoms with van der Waals surface area (Å²) in [5, 5.41) is 0. The van der Waals surface area contributed by atoms with Gasteiger partial charge in [-0.15, -0.1) is 0 Å². The summed E-state index contributed by atoms with van der Waals surface area (Å²) in [5.41, 5.74) is 1.40. The van der Waals surface area contributed by atoms with Crippen LogP contribution in [0.3, 0.4) is 0 Å². The molecule has 0 N–H and O–H groups in total. The summed E-state index contributed by atoms with van der Waals surface area (Å²) in [4.78, 5) is 11.8. The molecule has 18 heavy (non-hydrogen) atoms. The van der Waals surface area contributed by atoms with Crippen LogP contribution in [0.2, 0.25) is 0 Å². The van der Waals surface area contributed by atoms with Crippen LogP contribution in [0.15, 0.2) is 54.6 Å². The molecule has 0 fully saturated rings. The number of methoxy groups -OCH3 is 1. The molecule has 0 heterocycles. The Bertz CT molecular complexity index is 586. The van der Waals surface area contributed by atoms with Crippen molar-refractivity contribution in [1.82, 2.24) is 0 Å². The Morgan fingerprint density at radius 3 is 2.28 bits per heavy atom. The van der Waals surface area contributed by atoms with E-state index in [4.69, 9.17) is 4.74 Å². The summed E-state index contributed by atoms with van der Waals surface area (Å²) in [7, 11) is 1.59. The van der Waals surface area contributed by atoms with E-state index in [1.165, 1.54) is 0 Å². The van der Waals surface area contributed by atoms with E-state index in [2.05, 4.69) is 11.8 Å².